The van der Waals surface area contributed by atoms with E-state index in [1.807, 2.05) is 23.1 Å². The van der Waals surface area contributed by atoms with Gasteiger partial charge in [0.05, 0.1) is 5.41 Å². The molecule has 2 amide bonds. The summed E-state index contributed by atoms with van der Waals surface area (Å²) < 4.78 is 0. The van der Waals surface area contributed by atoms with Gasteiger partial charge in [0.15, 0.2) is 0 Å². The lowest BCUT2D eigenvalue weighted by Crippen LogP contribution is -2.52. The first-order chi connectivity index (χ1) is 15.6. The van der Waals surface area contributed by atoms with Crippen LogP contribution in [-0.4, -0.2) is 36.3 Å². The molecule has 4 nitrogen and oxygen atoms in total. The number of nitrogens with zero attached hydrogens (tertiary/aromatic N) is 1. The van der Waals surface area contributed by atoms with Crippen molar-refractivity contribution in [3.8, 4) is 11.1 Å². The van der Waals surface area contributed by atoms with Crippen LogP contribution in [0.15, 0.2) is 67.3 Å². The Morgan fingerprint density at radius 3 is 2.22 bits per heavy atom. The van der Waals surface area contributed by atoms with Crippen molar-refractivity contribution in [3.05, 3.63) is 72.8 Å². The van der Waals surface area contributed by atoms with E-state index in [1.54, 1.807) is 6.08 Å². The number of piperidine rings is 1. The Morgan fingerprint density at radius 2 is 1.59 bits per heavy atom. The second-order valence-corrected chi connectivity index (χ2v) is 9.33. The third-order valence-corrected chi connectivity index (χ3v) is 7.23. The lowest BCUT2D eigenvalue weighted by atomic mass is 9.72. The van der Waals surface area contributed by atoms with Crippen LogP contribution in [0.1, 0.15) is 44.1 Å². The van der Waals surface area contributed by atoms with Crippen LogP contribution in [0.3, 0.4) is 0 Å². The van der Waals surface area contributed by atoms with E-state index in [-0.39, 0.29) is 11.8 Å². The predicted molar refractivity (Wildman–Crippen MR) is 129 cm³/mol. The minimum absolute atomic E-state index is 0.0810. The second-order valence-electron chi connectivity index (χ2n) is 9.33. The van der Waals surface area contributed by atoms with Gasteiger partial charge in [-0.3, -0.25) is 9.59 Å². The molecule has 0 spiro atoms. The van der Waals surface area contributed by atoms with Gasteiger partial charge in [0.1, 0.15) is 0 Å². The van der Waals surface area contributed by atoms with Crippen LogP contribution >= 0.6 is 0 Å². The smallest absolute Gasteiger partial charge is 0.226 e. The monoisotopic (exact) mass is 430 g/mol. The molecule has 2 aromatic rings. The van der Waals surface area contributed by atoms with Crippen molar-refractivity contribution in [2.45, 2.75) is 44.9 Å². The van der Waals surface area contributed by atoms with Crippen LogP contribution < -0.4 is 5.32 Å². The van der Waals surface area contributed by atoms with E-state index >= 15 is 0 Å². The molecule has 2 fully saturated rings. The van der Waals surface area contributed by atoms with E-state index in [1.165, 1.54) is 11.1 Å². The molecule has 0 bridgehead atoms. The molecule has 1 heterocycles. The first-order valence-corrected chi connectivity index (χ1v) is 11.9. The number of amides is 2. The summed E-state index contributed by atoms with van der Waals surface area (Å²) in [6.45, 7) is 5.54. The fraction of sp³-hybridized carbons (Fsp3) is 0.429. The van der Waals surface area contributed by atoms with Gasteiger partial charge in [0.25, 0.3) is 0 Å². The zero-order valence-electron chi connectivity index (χ0n) is 18.9. The molecule has 1 saturated carbocycles. The molecule has 0 unspecified atom stereocenters. The summed E-state index contributed by atoms with van der Waals surface area (Å²) in [7, 11) is 0. The van der Waals surface area contributed by atoms with Gasteiger partial charge in [-0.05, 0) is 48.8 Å². The maximum Gasteiger partial charge on any atom is 0.226 e. The van der Waals surface area contributed by atoms with E-state index in [9.17, 15) is 9.59 Å². The standard InChI is InChI=1S/C28H34N2O2/c1-2-18-29-27(32)28(16-19-30(20-17-28)26(31)25-10-6-7-11-25)21-22-12-14-24(15-13-22)23-8-4-3-5-9-23/h2-5,8-9,12-15,25H,1,6-7,10-11,16-21H2,(H,29,32). The third kappa shape index (κ3) is 4.95. The number of benzene rings is 2. The van der Waals surface area contributed by atoms with Gasteiger partial charge in [-0.2, -0.15) is 0 Å². The van der Waals surface area contributed by atoms with Crippen molar-refractivity contribution in [2.75, 3.05) is 19.6 Å². The van der Waals surface area contributed by atoms with E-state index < -0.39 is 5.41 Å². The average molecular weight is 431 g/mol. The van der Waals surface area contributed by atoms with E-state index in [2.05, 4.69) is 48.3 Å². The minimum Gasteiger partial charge on any atom is -0.352 e. The van der Waals surface area contributed by atoms with Crippen molar-refractivity contribution < 1.29 is 9.59 Å². The summed E-state index contributed by atoms with van der Waals surface area (Å²) in [6.07, 6.45) is 8.19. The maximum atomic E-state index is 13.2. The molecule has 1 aliphatic carbocycles. The summed E-state index contributed by atoms with van der Waals surface area (Å²) in [5, 5.41) is 3.04. The Labute approximate surface area is 191 Å². The number of carbonyl (C=O) groups excluding carboxylic acids is 2. The van der Waals surface area contributed by atoms with Gasteiger partial charge in [-0.25, -0.2) is 0 Å². The quantitative estimate of drug-likeness (QED) is 0.629. The Balaban J connectivity index is 1.48. The van der Waals surface area contributed by atoms with Gasteiger partial charge in [-0.15, -0.1) is 6.58 Å². The number of carbonyl (C=O) groups is 2. The molecule has 32 heavy (non-hydrogen) atoms. The molecular weight excluding hydrogens is 396 g/mol. The van der Waals surface area contributed by atoms with Crippen molar-refractivity contribution >= 4 is 11.8 Å². The molecule has 168 valence electrons. The summed E-state index contributed by atoms with van der Waals surface area (Å²) in [4.78, 5) is 28.1. The number of hydrogen-bond donors (Lipinski definition) is 1. The highest BCUT2D eigenvalue weighted by Gasteiger charge is 2.43. The Bertz CT molecular complexity index is 922. The number of nitrogens with one attached hydrogen (secondary N) is 1. The Kier molecular flexibility index (Phi) is 7.09. The molecule has 0 radical (unpaired) electrons. The topological polar surface area (TPSA) is 49.4 Å². The van der Waals surface area contributed by atoms with E-state index in [4.69, 9.17) is 0 Å². The zero-order chi connectivity index (χ0) is 22.4. The summed E-state index contributed by atoms with van der Waals surface area (Å²) in [5.41, 5.74) is 3.05. The van der Waals surface area contributed by atoms with Crippen LogP contribution in [0.25, 0.3) is 11.1 Å². The number of hydrogen-bond acceptors (Lipinski definition) is 2. The van der Waals surface area contributed by atoms with Crippen molar-refractivity contribution in [1.82, 2.24) is 10.2 Å². The largest absolute Gasteiger partial charge is 0.352 e. The molecular formula is C28H34N2O2. The highest BCUT2D eigenvalue weighted by atomic mass is 16.2. The van der Waals surface area contributed by atoms with Crippen LogP contribution in [0, 0.1) is 11.3 Å². The third-order valence-electron chi connectivity index (χ3n) is 7.23. The fourth-order valence-corrected chi connectivity index (χ4v) is 5.26. The highest BCUT2D eigenvalue weighted by Crippen LogP contribution is 2.37. The van der Waals surface area contributed by atoms with E-state index in [0.717, 1.165) is 31.2 Å². The number of rotatable bonds is 7. The molecule has 1 aliphatic heterocycles. The fourth-order valence-electron chi connectivity index (χ4n) is 5.26. The van der Waals surface area contributed by atoms with Crippen molar-refractivity contribution in [2.24, 2.45) is 11.3 Å². The van der Waals surface area contributed by atoms with Gasteiger partial charge in [0, 0.05) is 25.6 Å². The Morgan fingerprint density at radius 1 is 0.969 bits per heavy atom. The normalized spacial score (nSPS) is 18.3. The Hall–Kier alpha value is -2.88. The molecule has 4 heteroatoms. The van der Waals surface area contributed by atoms with Gasteiger partial charge in [-0.1, -0.05) is 73.5 Å². The molecule has 0 aromatic heterocycles. The molecule has 1 saturated heterocycles. The minimum atomic E-state index is -0.482. The van der Waals surface area contributed by atoms with Crippen LogP contribution in [-0.2, 0) is 16.0 Å². The van der Waals surface area contributed by atoms with Crippen LogP contribution in [0.5, 0.6) is 0 Å². The lowest BCUT2D eigenvalue weighted by Gasteiger charge is -2.41. The summed E-state index contributed by atoms with van der Waals surface area (Å²) in [5.74, 6) is 0.579. The predicted octanol–water partition coefficient (Wildman–Crippen LogP) is 5.00. The van der Waals surface area contributed by atoms with Gasteiger partial charge in [0.2, 0.25) is 11.8 Å². The lowest BCUT2D eigenvalue weighted by molar-refractivity contribution is -0.143. The van der Waals surface area contributed by atoms with Crippen LogP contribution in [0.4, 0.5) is 0 Å². The number of likely N-dealkylation sites (tertiary alicyclic amines) is 1. The van der Waals surface area contributed by atoms with Gasteiger partial charge < -0.3 is 10.2 Å². The van der Waals surface area contributed by atoms with Crippen molar-refractivity contribution in [3.63, 3.8) is 0 Å². The molecule has 2 aliphatic rings. The molecule has 0 atom stereocenters. The summed E-state index contributed by atoms with van der Waals surface area (Å²) in [6, 6.07) is 18.9. The first-order valence-electron chi connectivity index (χ1n) is 11.9. The van der Waals surface area contributed by atoms with Crippen LogP contribution in [0.2, 0.25) is 0 Å². The second kappa shape index (κ2) is 10.2. The molecule has 4 rings (SSSR count). The van der Waals surface area contributed by atoms with Crippen molar-refractivity contribution in [1.29, 1.82) is 0 Å². The average Bonchev–Trinajstić information content (AvgIpc) is 3.39. The molecule has 1 N–H and O–H groups in total. The zero-order valence-corrected chi connectivity index (χ0v) is 18.9. The molecule has 2 aromatic carbocycles. The SMILES string of the molecule is C=CCNC(=O)C1(Cc2ccc(-c3ccccc3)cc2)CCN(C(=O)C2CCCC2)CC1. The van der Waals surface area contributed by atoms with E-state index in [0.29, 0.717) is 44.8 Å². The van der Waals surface area contributed by atoms with Gasteiger partial charge >= 0.3 is 0 Å². The maximum absolute atomic E-state index is 13.2. The first kappa shape index (κ1) is 22.3. The summed E-state index contributed by atoms with van der Waals surface area (Å²) >= 11 is 0. The highest BCUT2D eigenvalue weighted by molar-refractivity contribution is 5.84.